The van der Waals surface area contributed by atoms with E-state index in [2.05, 4.69) is 0 Å². The van der Waals surface area contributed by atoms with E-state index in [0.29, 0.717) is 0 Å². The van der Waals surface area contributed by atoms with Gasteiger partial charge in [0.05, 0.1) is 6.10 Å². The van der Waals surface area contributed by atoms with Gasteiger partial charge in [-0.05, 0) is 12.8 Å². The maximum absolute atomic E-state index is 8.73. The van der Waals surface area contributed by atoms with E-state index in [1.54, 1.807) is 0 Å². The van der Waals surface area contributed by atoms with Gasteiger partial charge in [0.1, 0.15) is 0 Å². The molecule has 1 aliphatic carbocycles. The summed E-state index contributed by atoms with van der Waals surface area (Å²) in [4.78, 5) is 0. The summed E-state index contributed by atoms with van der Waals surface area (Å²) in [6.07, 6.45) is 4.60. The van der Waals surface area contributed by atoms with Crippen LogP contribution in [-0.2, 0) is 0 Å². The third-order valence-electron chi connectivity index (χ3n) is 1.32. The Kier molecular flexibility index (Phi) is 4.08. The molecule has 1 rings (SSSR count). The first-order valence-corrected chi connectivity index (χ1v) is 2.57. The standard InChI is InChI=1S/C5H10O.Mg/c6-5-3-1-2-4-5;/h5-6H,1-4H2;/q;+2. The van der Waals surface area contributed by atoms with Crippen molar-refractivity contribution < 1.29 is 5.11 Å². The fraction of sp³-hybridized carbons (Fsp3) is 1.00. The van der Waals surface area contributed by atoms with Crippen LogP contribution in [0.15, 0.2) is 0 Å². The van der Waals surface area contributed by atoms with Gasteiger partial charge in [-0.15, -0.1) is 0 Å². The van der Waals surface area contributed by atoms with E-state index in [0.717, 1.165) is 12.8 Å². The van der Waals surface area contributed by atoms with Crippen LogP contribution in [0.1, 0.15) is 25.7 Å². The first-order valence-electron chi connectivity index (χ1n) is 2.57. The van der Waals surface area contributed by atoms with Gasteiger partial charge in [-0.1, -0.05) is 12.8 Å². The topological polar surface area (TPSA) is 20.2 Å². The van der Waals surface area contributed by atoms with Crippen molar-refractivity contribution in [2.75, 3.05) is 0 Å². The Balaban J connectivity index is 0.000000360. The molecule has 7 heavy (non-hydrogen) atoms. The van der Waals surface area contributed by atoms with Gasteiger partial charge in [0, 0.05) is 0 Å². The second-order valence-corrected chi connectivity index (χ2v) is 1.94. The van der Waals surface area contributed by atoms with Crippen molar-refractivity contribution in [3.63, 3.8) is 0 Å². The molecular weight excluding hydrogens is 100 g/mol. The van der Waals surface area contributed by atoms with Gasteiger partial charge < -0.3 is 5.11 Å². The summed E-state index contributed by atoms with van der Waals surface area (Å²) >= 11 is 0. The van der Waals surface area contributed by atoms with Gasteiger partial charge in [0.15, 0.2) is 0 Å². The number of aliphatic hydroxyl groups excluding tert-OH is 1. The first-order chi connectivity index (χ1) is 2.89. The molecule has 0 saturated heterocycles. The number of aliphatic hydroxyl groups is 1. The molecule has 0 aromatic rings. The van der Waals surface area contributed by atoms with E-state index in [1.807, 2.05) is 0 Å². The maximum atomic E-state index is 8.73. The zero-order valence-electron chi connectivity index (χ0n) is 4.56. The zero-order chi connectivity index (χ0) is 4.41. The summed E-state index contributed by atoms with van der Waals surface area (Å²) < 4.78 is 0. The molecule has 0 amide bonds. The van der Waals surface area contributed by atoms with E-state index in [1.165, 1.54) is 12.8 Å². The fourth-order valence-corrected chi connectivity index (χ4v) is 0.904. The molecule has 1 aliphatic rings. The van der Waals surface area contributed by atoms with Crippen LogP contribution in [0.4, 0.5) is 0 Å². The maximum Gasteiger partial charge on any atom is 2.00 e. The van der Waals surface area contributed by atoms with Crippen LogP contribution in [0.2, 0.25) is 0 Å². The molecule has 1 fully saturated rings. The molecular formula is C5H10MgO+2. The largest absolute Gasteiger partial charge is 2.00 e. The van der Waals surface area contributed by atoms with E-state index in [4.69, 9.17) is 5.11 Å². The molecule has 1 saturated carbocycles. The van der Waals surface area contributed by atoms with Crippen molar-refractivity contribution in [1.29, 1.82) is 0 Å². The Hall–Kier alpha value is 0.726. The molecule has 0 aromatic heterocycles. The van der Waals surface area contributed by atoms with Crippen LogP contribution in [0.5, 0.6) is 0 Å². The second-order valence-electron chi connectivity index (χ2n) is 1.94. The fourth-order valence-electron chi connectivity index (χ4n) is 0.904. The molecule has 0 heterocycles. The number of rotatable bonds is 0. The Morgan fingerprint density at radius 3 is 1.71 bits per heavy atom. The van der Waals surface area contributed by atoms with Gasteiger partial charge in [-0.3, -0.25) is 0 Å². The third kappa shape index (κ3) is 2.52. The Labute approximate surface area is 60.3 Å². The van der Waals surface area contributed by atoms with Gasteiger partial charge in [0.25, 0.3) is 0 Å². The van der Waals surface area contributed by atoms with E-state index in [9.17, 15) is 0 Å². The quantitative estimate of drug-likeness (QED) is 0.451. The van der Waals surface area contributed by atoms with Crippen molar-refractivity contribution in [2.24, 2.45) is 0 Å². The predicted molar refractivity (Wildman–Crippen MR) is 30.2 cm³/mol. The number of hydrogen-bond acceptors (Lipinski definition) is 1. The molecule has 0 radical (unpaired) electrons. The average molecular weight is 110 g/mol. The minimum atomic E-state index is 0. The van der Waals surface area contributed by atoms with E-state index < -0.39 is 0 Å². The average Bonchev–Trinajstić information content (AvgIpc) is 1.86. The van der Waals surface area contributed by atoms with Crippen LogP contribution in [0, 0.1) is 0 Å². The summed E-state index contributed by atoms with van der Waals surface area (Å²) in [6.45, 7) is 0. The van der Waals surface area contributed by atoms with E-state index in [-0.39, 0.29) is 29.2 Å². The summed E-state index contributed by atoms with van der Waals surface area (Å²) in [6, 6.07) is 0. The van der Waals surface area contributed by atoms with Crippen molar-refractivity contribution in [3.8, 4) is 0 Å². The van der Waals surface area contributed by atoms with E-state index >= 15 is 0 Å². The smallest absolute Gasteiger partial charge is 0.393 e. The Morgan fingerprint density at radius 2 is 1.57 bits per heavy atom. The van der Waals surface area contributed by atoms with Gasteiger partial charge >= 0.3 is 23.1 Å². The second kappa shape index (κ2) is 3.69. The summed E-state index contributed by atoms with van der Waals surface area (Å²) in [5.41, 5.74) is 0. The molecule has 0 unspecified atom stereocenters. The van der Waals surface area contributed by atoms with Crippen LogP contribution >= 0.6 is 0 Å². The minimum Gasteiger partial charge on any atom is -0.393 e. The molecule has 2 heteroatoms. The van der Waals surface area contributed by atoms with Crippen molar-refractivity contribution in [2.45, 2.75) is 31.8 Å². The summed E-state index contributed by atoms with van der Waals surface area (Å²) in [5, 5.41) is 8.73. The van der Waals surface area contributed by atoms with Gasteiger partial charge in [0.2, 0.25) is 0 Å². The Bertz CT molecular complexity index is 41.3. The Morgan fingerprint density at radius 1 is 1.14 bits per heavy atom. The van der Waals surface area contributed by atoms with Crippen LogP contribution in [-0.4, -0.2) is 34.3 Å². The van der Waals surface area contributed by atoms with Crippen molar-refractivity contribution in [3.05, 3.63) is 0 Å². The van der Waals surface area contributed by atoms with Crippen LogP contribution < -0.4 is 0 Å². The molecule has 0 atom stereocenters. The first kappa shape index (κ1) is 7.73. The predicted octanol–water partition coefficient (Wildman–Crippen LogP) is 0.540. The third-order valence-corrected chi connectivity index (χ3v) is 1.32. The monoisotopic (exact) mass is 110 g/mol. The summed E-state index contributed by atoms with van der Waals surface area (Å²) in [7, 11) is 0. The molecule has 1 N–H and O–H groups in total. The van der Waals surface area contributed by atoms with Crippen molar-refractivity contribution >= 4 is 23.1 Å². The SMILES string of the molecule is OC1CCCC1.[Mg+2]. The number of hydrogen-bond donors (Lipinski definition) is 1. The molecule has 0 aliphatic heterocycles. The summed E-state index contributed by atoms with van der Waals surface area (Å²) in [5.74, 6) is 0. The van der Waals surface area contributed by atoms with Gasteiger partial charge in [-0.2, -0.15) is 0 Å². The van der Waals surface area contributed by atoms with Gasteiger partial charge in [-0.25, -0.2) is 0 Å². The normalized spacial score (nSPS) is 21.9. The minimum absolute atomic E-state index is 0. The molecule has 0 bridgehead atoms. The molecule has 0 spiro atoms. The molecule has 36 valence electrons. The van der Waals surface area contributed by atoms with Crippen molar-refractivity contribution in [1.82, 2.24) is 0 Å². The van der Waals surface area contributed by atoms with Crippen LogP contribution in [0.25, 0.3) is 0 Å². The molecule has 0 aromatic carbocycles. The zero-order valence-corrected chi connectivity index (χ0v) is 5.97. The van der Waals surface area contributed by atoms with Crippen LogP contribution in [0.3, 0.4) is 0 Å². The molecule has 1 nitrogen and oxygen atoms in total.